The van der Waals surface area contributed by atoms with Gasteiger partial charge in [0, 0.05) is 32.1 Å². The summed E-state index contributed by atoms with van der Waals surface area (Å²) in [4.78, 5) is 6.31. The number of aromatic nitrogens is 1. The van der Waals surface area contributed by atoms with Crippen LogP contribution in [0.25, 0.3) is 0 Å². The van der Waals surface area contributed by atoms with E-state index in [1.54, 1.807) is 0 Å². The molecule has 1 heterocycles. The van der Waals surface area contributed by atoms with E-state index in [9.17, 15) is 8.42 Å². The summed E-state index contributed by atoms with van der Waals surface area (Å²) in [5, 5.41) is 3.06. The second-order valence-electron chi connectivity index (χ2n) is 4.56. The van der Waals surface area contributed by atoms with Gasteiger partial charge in [0.1, 0.15) is 9.84 Å². The molecule has 1 rings (SSSR count). The lowest BCUT2D eigenvalue weighted by Gasteiger charge is -2.15. The van der Waals surface area contributed by atoms with Crippen molar-refractivity contribution in [3.63, 3.8) is 0 Å². The van der Waals surface area contributed by atoms with Crippen LogP contribution in [-0.4, -0.2) is 51.0 Å². The Balaban J connectivity index is 2.46. The Morgan fingerprint density at radius 3 is 2.61 bits per heavy atom. The first kappa shape index (κ1) is 15.1. The zero-order valence-electron chi connectivity index (χ0n) is 11.2. The maximum atomic E-state index is 11.1. The van der Waals surface area contributed by atoms with Gasteiger partial charge in [0.05, 0.1) is 11.4 Å². The van der Waals surface area contributed by atoms with Crippen molar-refractivity contribution in [2.45, 2.75) is 13.1 Å². The quantitative estimate of drug-likeness (QED) is 0.771. The molecule has 102 valence electrons. The fourth-order valence-corrected chi connectivity index (χ4v) is 2.18. The van der Waals surface area contributed by atoms with Crippen LogP contribution in [0.15, 0.2) is 18.3 Å². The Labute approximate surface area is 109 Å². The predicted molar refractivity (Wildman–Crippen MR) is 73.0 cm³/mol. The van der Waals surface area contributed by atoms with E-state index in [-0.39, 0.29) is 5.75 Å². The predicted octanol–water partition coefficient (Wildman–Crippen LogP) is 0.277. The molecule has 0 aliphatic heterocycles. The van der Waals surface area contributed by atoms with Crippen LogP contribution in [0.2, 0.25) is 0 Å². The van der Waals surface area contributed by atoms with Crippen molar-refractivity contribution in [2.24, 2.45) is 0 Å². The molecule has 0 bridgehead atoms. The maximum Gasteiger partial charge on any atom is 0.148 e. The van der Waals surface area contributed by atoms with E-state index in [1.165, 1.54) is 6.26 Å². The Bertz CT molecular complexity index is 457. The molecule has 1 aromatic rings. The number of nitrogens with zero attached hydrogens (tertiary/aromatic N) is 2. The van der Waals surface area contributed by atoms with Crippen molar-refractivity contribution >= 4 is 9.84 Å². The van der Waals surface area contributed by atoms with E-state index in [1.807, 2.05) is 37.3 Å². The molecular weight excluding hydrogens is 250 g/mol. The molecule has 1 aromatic heterocycles. The van der Waals surface area contributed by atoms with Crippen LogP contribution in [0.4, 0.5) is 0 Å². The number of hydrogen-bond acceptors (Lipinski definition) is 5. The maximum absolute atomic E-state index is 11.1. The molecule has 1 N–H and O–H groups in total. The highest BCUT2D eigenvalue weighted by Gasteiger charge is 2.06. The zero-order chi connectivity index (χ0) is 13.6. The molecule has 0 saturated carbocycles. The summed E-state index contributed by atoms with van der Waals surface area (Å²) >= 11 is 0. The van der Waals surface area contributed by atoms with Crippen molar-refractivity contribution in [1.29, 1.82) is 0 Å². The standard InChI is InChI=1S/C12H21N3O2S/c1-13-8-11-4-5-12(14-9-11)10-15(2)6-7-18(3,16)17/h4-5,9,13H,6-8,10H2,1-3H3. The number of rotatable bonds is 7. The molecule has 0 aliphatic carbocycles. The molecular formula is C12H21N3O2S. The second kappa shape index (κ2) is 6.82. The van der Waals surface area contributed by atoms with Gasteiger partial charge in [-0.2, -0.15) is 0 Å². The second-order valence-corrected chi connectivity index (χ2v) is 6.82. The lowest BCUT2D eigenvalue weighted by atomic mass is 10.2. The highest BCUT2D eigenvalue weighted by atomic mass is 32.2. The van der Waals surface area contributed by atoms with Crippen LogP contribution in [0.5, 0.6) is 0 Å². The first-order valence-electron chi connectivity index (χ1n) is 5.85. The van der Waals surface area contributed by atoms with Gasteiger partial charge in [0.2, 0.25) is 0 Å². The van der Waals surface area contributed by atoms with Crippen LogP contribution >= 0.6 is 0 Å². The summed E-state index contributed by atoms with van der Waals surface area (Å²) in [5.41, 5.74) is 2.09. The molecule has 0 aliphatic rings. The fourth-order valence-electron chi connectivity index (χ4n) is 1.53. The minimum absolute atomic E-state index is 0.182. The Morgan fingerprint density at radius 1 is 1.39 bits per heavy atom. The summed E-state index contributed by atoms with van der Waals surface area (Å²) in [6.07, 6.45) is 3.10. The highest BCUT2D eigenvalue weighted by molar-refractivity contribution is 7.90. The van der Waals surface area contributed by atoms with Gasteiger partial charge in [-0.1, -0.05) is 6.07 Å². The Kier molecular flexibility index (Phi) is 5.71. The van der Waals surface area contributed by atoms with Crippen molar-refractivity contribution in [2.75, 3.05) is 32.6 Å². The fraction of sp³-hybridized carbons (Fsp3) is 0.583. The van der Waals surface area contributed by atoms with Gasteiger partial charge in [0.25, 0.3) is 0 Å². The molecule has 0 unspecified atom stereocenters. The third-order valence-corrected chi connectivity index (χ3v) is 3.47. The lowest BCUT2D eigenvalue weighted by molar-refractivity contribution is 0.342. The molecule has 0 aromatic carbocycles. The SMILES string of the molecule is CNCc1ccc(CN(C)CCS(C)(=O)=O)nc1. The number of nitrogens with one attached hydrogen (secondary N) is 1. The van der Waals surface area contributed by atoms with Crippen molar-refractivity contribution in [3.05, 3.63) is 29.6 Å². The molecule has 0 amide bonds. The summed E-state index contributed by atoms with van der Waals surface area (Å²) in [6.45, 7) is 1.99. The van der Waals surface area contributed by atoms with Crippen molar-refractivity contribution in [3.8, 4) is 0 Å². The van der Waals surface area contributed by atoms with E-state index in [4.69, 9.17) is 0 Å². The average Bonchev–Trinajstić information content (AvgIpc) is 2.29. The third kappa shape index (κ3) is 6.09. The number of pyridine rings is 1. The number of hydrogen-bond donors (Lipinski definition) is 1. The summed E-state index contributed by atoms with van der Waals surface area (Å²) in [5.74, 6) is 0.182. The molecule has 0 radical (unpaired) electrons. The van der Waals surface area contributed by atoms with Gasteiger partial charge in [-0.15, -0.1) is 0 Å². The third-order valence-electron chi connectivity index (χ3n) is 2.54. The molecule has 18 heavy (non-hydrogen) atoms. The van der Waals surface area contributed by atoms with E-state index < -0.39 is 9.84 Å². The molecule has 5 nitrogen and oxygen atoms in total. The summed E-state index contributed by atoms with van der Waals surface area (Å²) in [7, 11) is 0.897. The molecule has 6 heteroatoms. The van der Waals surface area contributed by atoms with Crippen LogP contribution in [0.3, 0.4) is 0 Å². The number of sulfone groups is 1. The molecule has 0 fully saturated rings. The molecule has 0 saturated heterocycles. The van der Waals surface area contributed by atoms with Crippen LogP contribution in [0.1, 0.15) is 11.3 Å². The Morgan fingerprint density at radius 2 is 2.11 bits per heavy atom. The van der Waals surface area contributed by atoms with E-state index in [0.717, 1.165) is 17.8 Å². The van der Waals surface area contributed by atoms with Gasteiger partial charge >= 0.3 is 0 Å². The zero-order valence-corrected chi connectivity index (χ0v) is 12.0. The van der Waals surface area contributed by atoms with E-state index in [2.05, 4.69) is 10.3 Å². The van der Waals surface area contributed by atoms with Crippen LogP contribution in [0, 0.1) is 0 Å². The lowest BCUT2D eigenvalue weighted by Crippen LogP contribution is -2.25. The van der Waals surface area contributed by atoms with Crippen LogP contribution < -0.4 is 5.32 Å². The van der Waals surface area contributed by atoms with E-state index in [0.29, 0.717) is 13.1 Å². The average molecular weight is 271 g/mol. The largest absolute Gasteiger partial charge is 0.316 e. The minimum Gasteiger partial charge on any atom is -0.316 e. The first-order valence-corrected chi connectivity index (χ1v) is 7.91. The van der Waals surface area contributed by atoms with Gasteiger partial charge in [-0.25, -0.2) is 8.42 Å². The molecule has 0 spiro atoms. The van der Waals surface area contributed by atoms with Gasteiger partial charge in [0.15, 0.2) is 0 Å². The highest BCUT2D eigenvalue weighted by Crippen LogP contribution is 2.03. The van der Waals surface area contributed by atoms with Crippen molar-refractivity contribution in [1.82, 2.24) is 15.2 Å². The smallest absolute Gasteiger partial charge is 0.148 e. The monoisotopic (exact) mass is 271 g/mol. The van der Waals surface area contributed by atoms with E-state index >= 15 is 0 Å². The summed E-state index contributed by atoms with van der Waals surface area (Å²) < 4.78 is 22.1. The van der Waals surface area contributed by atoms with Crippen LogP contribution in [-0.2, 0) is 22.9 Å². The topological polar surface area (TPSA) is 62.3 Å². The molecule has 0 atom stereocenters. The normalized spacial score (nSPS) is 12.0. The summed E-state index contributed by atoms with van der Waals surface area (Å²) in [6, 6.07) is 4.01. The first-order chi connectivity index (χ1) is 8.40. The van der Waals surface area contributed by atoms with Crippen molar-refractivity contribution < 1.29 is 8.42 Å². The Hall–Kier alpha value is -0.980. The van der Waals surface area contributed by atoms with Gasteiger partial charge < -0.3 is 5.32 Å². The van der Waals surface area contributed by atoms with Gasteiger partial charge in [-0.05, 0) is 25.7 Å². The minimum atomic E-state index is -2.90. The van der Waals surface area contributed by atoms with Gasteiger partial charge in [-0.3, -0.25) is 9.88 Å².